The first-order valence-electron chi connectivity index (χ1n) is 14.5. The van der Waals surface area contributed by atoms with Crippen LogP contribution in [0, 0.1) is 6.92 Å². The summed E-state index contributed by atoms with van der Waals surface area (Å²) >= 11 is 0. The van der Waals surface area contributed by atoms with E-state index in [-0.39, 0.29) is 0 Å². The lowest BCUT2D eigenvalue weighted by Gasteiger charge is -2.09. The Morgan fingerprint density at radius 3 is 1.95 bits per heavy atom. The lowest BCUT2D eigenvalue weighted by molar-refractivity contribution is -0.634. The summed E-state index contributed by atoms with van der Waals surface area (Å²) in [7, 11) is 4.25. The van der Waals surface area contributed by atoms with E-state index < -0.39 is 0 Å². The maximum atomic E-state index is 6.73. The number of rotatable bonds is 4. The number of furan rings is 1. The molecule has 5 aromatic carbocycles. The Bertz CT molecular complexity index is 2220. The molecule has 0 bridgehead atoms. The molecule has 8 aromatic rings. The van der Waals surface area contributed by atoms with E-state index in [4.69, 9.17) is 14.4 Å². The van der Waals surface area contributed by atoms with Crippen LogP contribution < -0.4 is 4.57 Å². The molecule has 5 heteroatoms. The second-order valence-corrected chi connectivity index (χ2v) is 11.1. The first-order chi connectivity index (χ1) is 21.1. The first kappa shape index (κ1) is 25.2. The fourth-order valence-electron chi connectivity index (χ4n) is 6.27. The largest absolute Gasteiger partial charge is 0.455 e. The van der Waals surface area contributed by atoms with Crippen LogP contribution in [-0.4, -0.2) is 14.5 Å². The Kier molecular flexibility index (Phi) is 5.73. The second kappa shape index (κ2) is 9.78. The SMILES string of the molecule is Cc1ccc2c(oc3cc(-c4nc(-c5ccccc5)cc(-c5ccccc5)n4)ccc32)c1-c1n(C)c2ccccc2[n+]1C. The summed E-state index contributed by atoms with van der Waals surface area (Å²) in [6.07, 6.45) is 0. The van der Waals surface area contributed by atoms with Gasteiger partial charge in [-0.2, -0.15) is 0 Å². The third-order valence-electron chi connectivity index (χ3n) is 8.44. The average molecular weight is 558 g/mol. The third-order valence-corrected chi connectivity index (χ3v) is 8.44. The monoisotopic (exact) mass is 557 g/mol. The number of fused-ring (bicyclic) bond motifs is 4. The second-order valence-electron chi connectivity index (χ2n) is 11.1. The van der Waals surface area contributed by atoms with Crippen LogP contribution in [0.15, 0.2) is 126 Å². The maximum Gasteiger partial charge on any atom is 0.293 e. The van der Waals surface area contributed by atoms with Crippen LogP contribution in [0.2, 0.25) is 0 Å². The quantitative estimate of drug-likeness (QED) is 0.203. The predicted octanol–water partition coefficient (Wildman–Crippen LogP) is 8.67. The summed E-state index contributed by atoms with van der Waals surface area (Å²) in [5, 5.41) is 2.17. The molecular formula is C38H29N4O+. The van der Waals surface area contributed by atoms with Gasteiger partial charge in [-0.1, -0.05) is 91.0 Å². The number of aromatic nitrogens is 4. The summed E-state index contributed by atoms with van der Waals surface area (Å²) in [6.45, 7) is 2.15. The normalized spacial score (nSPS) is 11.6. The molecule has 3 heterocycles. The summed E-state index contributed by atoms with van der Waals surface area (Å²) < 4.78 is 11.2. The van der Waals surface area contributed by atoms with Crippen molar-refractivity contribution in [2.24, 2.45) is 14.1 Å². The van der Waals surface area contributed by atoms with Crippen LogP contribution in [0.4, 0.5) is 0 Å². The van der Waals surface area contributed by atoms with Gasteiger partial charge in [0.15, 0.2) is 22.4 Å². The van der Waals surface area contributed by atoms with Crippen LogP contribution in [0.5, 0.6) is 0 Å². The smallest absolute Gasteiger partial charge is 0.293 e. The van der Waals surface area contributed by atoms with Crippen molar-refractivity contribution in [3.8, 4) is 45.3 Å². The van der Waals surface area contributed by atoms with Crippen molar-refractivity contribution in [1.29, 1.82) is 0 Å². The van der Waals surface area contributed by atoms with Crippen molar-refractivity contribution in [3.05, 3.63) is 127 Å². The average Bonchev–Trinajstić information content (AvgIpc) is 3.55. The van der Waals surface area contributed by atoms with Gasteiger partial charge in [0, 0.05) is 27.5 Å². The fraction of sp³-hybridized carbons (Fsp3) is 0.0789. The third kappa shape index (κ3) is 4.04. The molecule has 3 aromatic heterocycles. The van der Waals surface area contributed by atoms with Gasteiger partial charge in [0.1, 0.15) is 11.1 Å². The molecule has 0 spiro atoms. The van der Waals surface area contributed by atoms with E-state index in [9.17, 15) is 0 Å². The molecule has 0 N–H and O–H groups in total. The molecule has 0 aliphatic heterocycles. The standard InChI is InChI=1S/C38H29N4O/c1-24-18-20-29-28-21-19-27(22-34(28)43-36(29)35(24)38-41(2)32-16-10-11-17-33(32)42(38)3)37-39-30(25-12-6-4-7-13-25)23-31(40-37)26-14-8-5-9-15-26/h4-23H,1-3H3/q+1. The highest BCUT2D eigenvalue weighted by atomic mass is 16.3. The van der Waals surface area contributed by atoms with E-state index in [0.717, 1.165) is 61.4 Å². The zero-order valence-corrected chi connectivity index (χ0v) is 24.2. The van der Waals surface area contributed by atoms with E-state index >= 15 is 0 Å². The van der Waals surface area contributed by atoms with Crippen molar-refractivity contribution in [3.63, 3.8) is 0 Å². The summed E-state index contributed by atoms with van der Waals surface area (Å²) in [5.41, 5.74) is 11.1. The van der Waals surface area contributed by atoms with Gasteiger partial charge in [0.2, 0.25) is 0 Å². The van der Waals surface area contributed by atoms with Crippen molar-refractivity contribution < 1.29 is 8.98 Å². The Morgan fingerprint density at radius 1 is 0.651 bits per heavy atom. The highest BCUT2D eigenvalue weighted by Gasteiger charge is 2.27. The van der Waals surface area contributed by atoms with Gasteiger partial charge in [-0.3, -0.25) is 0 Å². The number of aryl methyl sites for hydroxylation is 3. The molecule has 0 amide bonds. The maximum absolute atomic E-state index is 6.73. The molecule has 43 heavy (non-hydrogen) atoms. The van der Waals surface area contributed by atoms with E-state index in [1.54, 1.807) is 0 Å². The molecule has 8 rings (SSSR count). The van der Waals surface area contributed by atoms with Gasteiger partial charge in [0.25, 0.3) is 5.82 Å². The molecule has 5 nitrogen and oxygen atoms in total. The lowest BCUT2D eigenvalue weighted by Crippen LogP contribution is -2.30. The highest BCUT2D eigenvalue weighted by molar-refractivity contribution is 6.10. The summed E-state index contributed by atoms with van der Waals surface area (Å²) in [5.74, 6) is 1.77. The molecule has 0 aliphatic rings. The lowest BCUT2D eigenvalue weighted by atomic mass is 10.0. The van der Waals surface area contributed by atoms with Gasteiger partial charge in [-0.15, -0.1) is 0 Å². The van der Waals surface area contributed by atoms with E-state index in [1.807, 2.05) is 36.4 Å². The summed E-state index contributed by atoms with van der Waals surface area (Å²) in [4.78, 5) is 10.1. The van der Waals surface area contributed by atoms with Crippen LogP contribution in [0.25, 0.3) is 78.3 Å². The Labute approximate surface area is 249 Å². The topological polar surface area (TPSA) is 47.7 Å². The molecule has 206 valence electrons. The van der Waals surface area contributed by atoms with Crippen LogP contribution >= 0.6 is 0 Å². The number of hydrogen-bond donors (Lipinski definition) is 0. The highest BCUT2D eigenvalue weighted by Crippen LogP contribution is 2.39. The first-order valence-corrected chi connectivity index (χ1v) is 14.5. The molecule has 0 fully saturated rings. The number of para-hydroxylation sites is 2. The van der Waals surface area contributed by atoms with Gasteiger partial charge in [-0.05, 0) is 42.8 Å². The molecule has 0 aliphatic carbocycles. The van der Waals surface area contributed by atoms with E-state index in [2.05, 4.69) is 115 Å². The molecule has 0 saturated heterocycles. The van der Waals surface area contributed by atoms with Crippen molar-refractivity contribution in [2.75, 3.05) is 0 Å². The van der Waals surface area contributed by atoms with Crippen molar-refractivity contribution in [2.45, 2.75) is 6.92 Å². The molecule has 0 saturated carbocycles. The minimum atomic E-state index is 0.666. The van der Waals surface area contributed by atoms with Crippen molar-refractivity contribution >= 4 is 33.0 Å². The number of benzene rings is 5. The number of imidazole rings is 1. The fourth-order valence-corrected chi connectivity index (χ4v) is 6.27. The van der Waals surface area contributed by atoms with Gasteiger partial charge in [0.05, 0.1) is 25.5 Å². The van der Waals surface area contributed by atoms with Crippen molar-refractivity contribution in [1.82, 2.24) is 14.5 Å². The molecule has 0 unspecified atom stereocenters. The van der Waals surface area contributed by atoms with Crippen LogP contribution in [0.3, 0.4) is 0 Å². The number of hydrogen-bond acceptors (Lipinski definition) is 3. The van der Waals surface area contributed by atoms with Crippen LogP contribution in [-0.2, 0) is 14.1 Å². The van der Waals surface area contributed by atoms with E-state index in [0.29, 0.717) is 5.82 Å². The zero-order chi connectivity index (χ0) is 29.1. The summed E-state index contributed by atoms with van der Waals surface area (Å²) in [6, 6.07) is 41.8. The van der Waals surface area contributed by atoms with Gasteiger partial charge < -0.3 is 4.42 Å². The van der Waals surface area contributed by atoms with Gasteiger partial charge >= 0.3 is 0 Å². The minimum absolute atomic E-state index is 0.666. The Hall–Kier alpha value is -5.55. The van der Waals surface area contributed by atoms with Gasteiger partial charge in [-0.25, -0.2) is 19.1 Å². The minimum Gasteiger partial charge on any atom is -0.455 e. The predicted molar refractivity (Wildman–Crippen MR) is 173 cm³/mol. The van der Waals surface area contributed by atoms with Crippen LogP contribution in [0.1, 0.15) is 5.56 Å². The number of nitrogens with zero attached hydrogens (tertiary/aromatic N) is 4. The Balaban J connectivity index is 1.33. The molecular weight excluding hydrogens is 528 g/mol. The zero-order valence-electron chi connectivity index (χ0n) is 24.2. The Morgan fingerprint density at radius 2 is 1.28 bits per heavy atom. The van der Waals surface area contributed by atoms with E-state index in [1.165, 1.54) is 16.6 Å². The molecule has 0 radical (unpaired) electrons. The molecule has 0 atom stereocenters.